The van der Waals surface area contributed by atoms with Gasteiger partial charge in [0, 0.05) is 20.3 Å². The molecule has 0 aromatic carbocycles. The van der Waals surface area contributed by atoms with Crippen molar-refractivity contribution < 1.29 is 0 Å². The van der Waals surface area contributed by atoms with Crippen LogP contribution in [-0.2, 0) is 14.1 Å². The Morgan fingerprint density at radius 2 is 2.00 bits per heavy atom. The number of aryl methyl sites for hydroxylation is 3. The molecule has 0 spiro atoms. The Bertz CT molecular complexity index is 466. The first kappa shape index (κ1) is 8.80. The Kier molecular flexibility index (Phi) is 1.80. The molecule has 0 aliphatic heterocycles. The molecule has 0 saturated carbocycles. The minimum atomic E-state index is 0.654. The molecule has 2 aromatic heterocycles. The van der Waals surface area contributed by atoms with Gasteiger partial charge in [0.1, 0.15) is 5.82 Å². The maximum atomic E-state index is 5.90. The number of rotatable bonds is 1. The van der Waals surface area contributed by atoms with Gasteiger partial charge in [-0.25, -0.2) is 0 Å². The van der Waals surface area contributed by atoms with Crippen LogP contribution in [0.25, 0.3) is 11.3 Å². The largest absolute Gasteiger partial charge is 0.383 e. The van der Waals surface area contributed by atoms with E-state index in [1.807, 2.05) is 33.3 Å². The van der Waals surface area contributed by atoms with Crippen molar-refractivity contribution in [2.24, 2.45) is 14.1 Å². The van der Waals surface area contributed by atoms with Crippen LogP contribution in [0, 0.1) is 6.92 Å². The van der Waals surface area contributed by atoms with Gasteiger partial charge in [0.15, 0.2) is 0 Å². The van der Waals surface area contributed by atoms with Gasteiger partial charge in [-0.15, -0.1) is 0 Å². The summed E-state index contributed by atoms with van der Waals surface area (Å²) >= 11 is 0. The van der Waals surface area contributed by atoms with Gasteiger partial charge in [-0.3, -0.25) is 9.36 Å². The first-order chi connectivity index (χ1) is 6.59. The summed E-state index contributed by atoms with van der Waals surface area (Å²) in [7, 11) is 3.71. The van der Waals surface area contributed by atoms with Crippen molar-refractivity contribution in [2.45, 2.75) is 6.92 Å². The Hall–Kier alpha value is -1.78. The highest BCUT2D eigenvalue weighted by Crippen LogP contribution is 2.26. The molecular formula is C9H13N5. The van der Waals surface area contributed by atoms with Crippen molar-refractivity contribution >= 4 is 5.82 Å². The highest BCUT2D eigenvalue weighted by atomic mass is 15.3. The predicted molar refractivity (Wildman–Crippen MR) is 54.6 cm³/mol. The second kappa shape index (κ2) is 2.87. The number of anilines is 1. The second-order valence-corrected chi connectivity index (χ2v) is 3.34. The molecule has 2 aromatic rings. The third-order valence-electron chi connectivity index (χ3n) is 2.24. The van der Waals surface area contributed by atoms with Crippen LogP contribution in [0.5, 0.6) is 0 Å². The van der Waals surface area contributed by atoms with E-state index in [1.165, 1.54) is 0 Å². The lowest BCUT2D eigenvalue weighted by Gasteiger charge is -1.96. The molecule has 0 saturated heterocycles. The van der Waals surface area contributed by atoms with Crippen LogP contribution in [0.2, 0.25) is 0 Å². The summed E-state index contributed by atoms with van der Waals surface area (Å²) in [6.45, 7) is 1.93. The molecule has 0 amide bonds. The molecule has 0 radical (unpaired) electrons. The molecule has 0 bridgehead atoms. The average Bonchev–Trinajstić information content (AvgIpc) is 2.60. The van der Waals surface area contributed by atoms with Gasteiger partial charge in [0.2, 0.25) is 0 Å². The van der Waals surface area contributed by atoms with Gasteiger partial charge in [-0.1, -0.05) is 0 Å². The Morgan fingerprint density at radius 1 is 1.29 bits per heavy atom. The second-order valence-electron chi connectivity index (χ2n) is 3.34. The summed E-state index contributed by atoms with van der Waals surface area (Å²) in [5, 5.41) is 8.54. The average molecular weight is 191 g/mol. The SMILES string of the molecule is Cc1nn(C)c(N)c1-c1ccn(C)n1. The third kappa shape index (κ3) is 1.17. The van der Waals surface area contributed by atoms with Crippen LogP contribution in [0.3, 0.4) is 0 Å². The molecule has 14 heavy (non-hydrogen) atoms. The van der Waals surface area contributed by atoms with Crippen molar-refractivity contribution in [1.29, 1.82) is 0 Å². The van der Waals surface area contributed by atoms with Crippen LogP contribution in [0.1, 0.15) is 5.69 Å². The van der Waals surface area contributed by atoms with Gasteiger partial charge >= 0.3 is 0 Å². The predicted octanol–water partition coefficient (Wildman–Crippen LogP) is 0.711. The Balaban J connectivity index is 2.61. The van der Waals surface area contributed by atoms with Gasteiger partial charge in [-0.2, -0.15) is 10.2 Å². The molecule has 2 N–H and O–H groups in total. The molecule has 0 aliphatic carbocycles. The quantitative estimate of drug-likeness (QED) is 0.722. The van der Waals surface area contributed by atoms with E-state index in [9.17, 15) is 0 Å². The molecule has 2 heterocycles. The minimum absolute atomic E-state index is 0.654. The molecular weight excluding hydrogens is 178 g/mol. The highest BCUT2D eigenvalue weighted by Gasteiger charge is 2.14. The van der Waals surface area contributed by atoms with E-state index in [-0.39, 0.29) is 0 Å². The van der Waals surface area contributed by atoms with Crippen molar-refractivity contribution in [2.75, 3.05) is 5.73 Å². The van der Waals surface area contributed by atoms with Crippen molar-refractivity contribution in [3.63, 3.8) is 0 Å². The fourth-order valence-corrected chi connectivity index (χ4v) is 1.54. The van der Waals surface area contributed by atoms with Crippen molar-refractivity contribution in [3.05, 3.63) is 18.0 Å². The van der Waals surface area contributed by atoms with E-state index in [4.69, 9.17) is 5.73 Å². The molecule has 74 valence electrons. The van der Waals surface area contributed by atoms with Gasteiger partial charge in [-0.05, 0) is 13.0 Å². The monoisotopic (exact) mass is 191 g/mol. The van der Waals surface area contributed by atoms with E-state index in [1.54, 1.807) is 9.36 Å². The third-order valence-corrected chi connectivity index (χ3v) is 2.24. The first-order valence-electron chi connectivity index (χ1n) is 4.38. The Labute approximate surface area is 82.1 Å². The fraction of sp³-hybridized carbons (Fsp3) is 0.333. The minimum Gasteiger partial charge on any atom is -0.383 e. The first-order valence-corrected chi connectivity index (χ1v) is 4.38. The van der Waals surface area contributed by atoms with E-state index in [0.717, 1.165) is 17.0 Å². The van der Waals surface area contributed by atoms with Gasteiger partial charge in [0.25, 0.3) is 0 Å². The molecule has 0 unspecified atom stereocenters. The molecule has 0 atom stereocenters. The van der Waals surface area contributed by atoms with Crippen molar-refractivity contribution in [3.8, 4) is 11.3 Å². The number of nitrogens with two attached hydrogens (primary N) is 1. The normalized spacial score (nSPS) is 10.8. The smallest absolute Gasteiger partial charge is 0.131 e. The zero-order chi connectivity index (χ0) is 10.3. The lowest BCUT2D eigenvalue weighted by molar-refractivity contribution is 0.767. The molecule has 0 fully saturated rings. The molecule has 5 heteroatoms. The summed E-state index contributed by atoms with van der Waals surface area (Å²) < 4.78 is 3.42. The van der Waals surface area contributed by atoms with Gasteiger partial charge in [0.05, 0.1) is 17.0 Å². The van der Waals surface area contributed by atoms with E-state index in [0.29, 0.717) is 5.82 Å². The van der Waals surface area contributed by atoms with Crippen molar-refractivity contribution in [1.82, 2.24) is 19.6 Å². The maximum absolute atomic E-state index is 5.90. The zero-order valence-electron chi connectivity index (χ0n) is 8.52. The number of hydrogen-bond donors (Lipinski definition) is 1. The van der Waals surface area contributed by atoms with Crippen LogP contribution in [-0.4, -0.2) is 19.6 Å². The van der Waals surface area contributed by atoms with Crippen LogP contribution < -0.4 is 5.73 Å². The maximum Gasteiger partial charge on any atom is 0.131 e. The van der Waals surface area contributed by atoms with Crippen LogP contribution in [0.15, 0.2) is 12.3 Å². The lowest BCUT2D eigenvalue weighted by Crippen LogP contribution is -1.98. The van der Waals surface area contributed by atoms with E-state index >= 15 is 0 Å². The number of nitrogens with zero attached hydrogens (tertiary/aromatic N) is 4. The molecule has 5 nitrogen and oxygen atoms in total. The standard InChI is InChI=1S/C9H13N5/c1-6-8(9(10)14(3)11-6)7-4-5-13(2)12-7/h4-5H,10H2,1-3H3. The summed E-state index contributed by atoms with van der Waals surface area (Å²) in [6.07, 6.45) is 1.89. The highest BCUT2D eigenvalue weighted by molar-refractivity contribution is 5.73. The summed E-state index contributed by atoms with van der Waals surface area (Å²) in [5.74, 6) is 0.654. The molecule has 2 rings (SSSR count). The van der Waals surface area contributed by atoms with E-state index < -0.39 is 0 Å². The molecule has 0 aliphatic rings. The van der Waals surface area contributed by atoms with E-state index in [2.05, 4.69) is 10.2 Å². The van der Waals surface area contributed by atoms with Crippen LogP contribution in [0.4, 0.5) is 5.82 Å². The zero-order valence-corrected chi connectivity index (χ0v) is 8.52. The number of hydrogen-bond acceptors (Lipinski definition) is 3. The summed E-state index contributed by atoms with van der Waals surface area (Å²) in [4.78, 5) is 0. The number of nitrogen functional groups attached to an aromatic ring is 1. The summed E-state index contributed by atoms with van der Waals surface area (Å²) in [6, 6.07) is 1.93. The topological polar surface area (TPSA) is 61.7 Å². The number of aromatic nitrogens is 4. The Morgan fingerprint density at radius 3 is 2.43 bits per heavy atom. The van der Waals surface area contributed by atoms with Gasteiger partial charge < -0.3 is 5.73 Å². The lowest BCUT2D eigenvalue weighted by atomic mass is 10.2. The van der Waals surface area contributed by atoms with Crippen LogP contribution >= 0.6 is 0 Å². The fourth-order valence-electron chi connectivity index (χ4n) is 1.54. The summed E-state index contributed by atoms with van der Waals surface area (Å²) in [5.41, 5.74) is 8.60.